The summed E-state index contributed by atoms with van der Waals surface area (Å²) >= 11 is 1.48. The third-order valence-electron chi connectivity index (χ3n) is 4.32. The van der Waals surface area contributed by atoms with Crippen LogP contribution in [-0.4, -0.2) is 34.5 Å². The summed E-state index contributed by atoms with van der Waals surface area (Å²) in [6, 6.07) is 15.8. The summed E-state index contributed by atoms with van der Waals surface area (Å²) in [4.78, 5) is 14.4. The molecule has 2 aromatic rings. The van der Waals surface area contributed by atoms with E-state index in [1.165, 1.54) is 17.3 Å². The SMILES string of the molecule is CC[C@@H]1S/C(=N\N=C/c2ccc(C)cc2)N(Cc2ccc(OC)cc2)C1=O. The average Bonchev–Trinajstić information content (AvgIpc) is 2.99. The highest BCUT2D eigenvalue weighted by Gasteiger charge is 2.36. The van der Waals surface area contributed by atoms with E-state index in [0.717, 1.165) is 23.3 Å². The van der Waals surface area contributed by atoms with E-state index < -0.39 is 0 Å². The largest absolute Gasteiger partial charge is 0.497 e. The van der Waals surface area contributed by atoms with Crippen LogP contribution >= 0.6 is 11.8 Å². The highest BCUT2D eigenvalue weighted by Crippen LogP contribution is 2.31. The molecule has 2 aromatic carbocycles. The van der Waals surface area contributed by atoms with Gasteiger partial charge in [-0.05, 0) is 36.6 Å². The number of methoxy groups -OCH3 is 1. The van der Waals surface area contributed by atoms with Crippen LogP contribution in [0.3, 0.4) is 0 Å². The molecule has 0 radical (unpaired) electrons. The highest BCUT2D eigenvalue weighted by atomic mass is 32.2. The molecule has 6 heteroatoms. The van der Waals surface area contributed by atoms with Gasteiger partial charge < -0.3 is 4.74 Å². The standard InChI is InChI=1S/C21H23N3O2S/c1-4-19-20(25)24(14-17-9-11-18(26-3)12-10-17)21(27-19)23-22-13-16-7-5-15(2)6-8-16/h5-13,19H,4,14H2,1-3H3/b22-13-,23-21-/t19-/m0/s1. The van der Waals surface area contributed by atoms with Gasteiger partial charge in [0.15, 0.2) is 5.17 Å². The molecule has 5 nitrogen and oxygen atoms in total. The van der Waals surface area contributed by atoms with Crippen LogP contribution in [0.2, 0.25) is 0 Å². The van der Waals surface area contributed by atoms with Crippen LogP contribution in [0.5, 0.6) is 5.75 Å². The number of hydrogen-bond donors (Lipinski definition) is 0. The first kappa shape index (κ1) is 19.2. The number of benzene rings is 2. The molecule has 140 valence electrons. The molecule has 0 aliphatic carbocycles. The van der Waals surface area contributed by atoms with E-state index in [1.54, 1.807) is 18.2 Å². The molecule has 0 unspecified atom stereocenters. The second kappa shape index (κ2) is 8.86. The van der Waals surface area contributed by atoms with Crippen LogP contribution in [0, 0.1) is 6.92 Å². The normalized spacial score (nSPS) is 18.6. The average molecular weight is 382 g/mol. The van der Waals surface area contributed by atoms with E-state index in [4.69, 9.17) is 4.74 Å². The molecule has 3 rings (SSSR count). The molecule has 0 saturated carbocycles. The van der Waals surface area contributed by atoms with Crippen LogP contribution in [0.1, 0.15) is 30.0 Å². The molecule has 1 heterocycles. The number of ether oxygens (including phenoxy) is 1. The third-order valence-corrected chi connectivity index (χ3v) is 5.65. The van der Waals surface area contributed by atoms with E-state index in [9.17, 15) is 4.79 Å². The second-order valence-corrected chi connectivity index (χ2v) is 7.49. The molecule has 0 spiro atoms. The number of carbonyl (C=O) groups excluding carboxylic acids is 1. The summed E-state index contributed by atoms with van der Waals surface area (Å²) in [7, 11) is 1.64. The maximum atomic E-state index is 12.7. The first-order chi connectivity index (χ1) is 13.1. The number of amides is 1. The lowest BCUT2D eigenvalue weighted by atomic mass is 10.2. The number of hydrogen-bond acceptors (Lipinski definition) is 5. The lowest BCUT2D eigenvalue weighted by Crippen LogP contribution is -2.31. The molecule has 1 aliphatic rings. The first-order valence-corrected chi connectivity index (χ1v) is 9.77. The van der Waals surface area contributed by atoms with Crippen molar-refractivity contribution in [2.24, 2.45) is 10.2 Å². The van der Waals surface area contributed by atoms with Crippen molar-refractivity contribution in [3.63, 3.8) is 0 Å². The van der Waals surface area contributed by atoms with Crippen molar-refractivity contribution in [2.75, 3.05) is 7.11 Å². The van der Waals surface area contributed by atoms with Gasteiger partial charge in [0.25, 0.3) is 0 Å². The Bertz CT molecular complexity index is 845. The van der Waals surface area contributed by atoms with Crippen molar-refractivity contribution in [3.05, 3.63) is 65.2 Å². The van der Waals surface area contributed by atoms with Crippen molar-refractivity contribution in [1.82, 2.24) is 4.90 Å². The zero-order valence-corrected chi connectivity index (χ0v) is 16.6. The van der Waals surface area contributed by atoms with Crippen molar-refractivity contribution in [3.8, 4) is 5.75 Å². The quantitative estimate of drug-likeness (QED) is 0.555. The minimum atomic E-state index is -0.100. The van der Waals surface area contributed by atoms with Gasteiger partial charge in [0, 0.05) is 0 Å². The monoisotopic (exact) mass is 381 g/mol. The molecule has 0 N–H and O–H groups in total. The van der Waals surface area contributed by atoms with Gasteiger partial charge in [0.1, 0.15) is 5.75 Å². The summed E-state index contributed by atoms with van der Waals surface area (Å²) in [5.74, 6) is 0.881. The van der Waals surface area contributed by atoms with Gasteiger partial charge >= 0.3 is 0 Å². The molecule has 1 atom stereocenters. The van der Waals surface area contributed by atoms with Gasteiger partial charge in [-0.15, -0.1) is 5.10 Å². The van der Waals surface area contributed by atoms with Crippen molar-refractivity contribution in [1.29, 1.82) is 0 Å². The maximum absolute atomic E-state index is 12.7. The van der Waals surface area contributed by atoms with Crippen LogP contribution in [0.25, 0.3) is 0 Å². The maximum Gasteiger partial charge on any atom is 0.242 e. The summed E-state index contributed by atoms with van der Waals surface area (Å²) in [6.45, 7) is 4.54. The Balaban J connectivity index is 1.77. The molecule has 1 fully saturated rings. The summed E-state index contributed by atoms with van der Waals surface area (Å²) in [5.41, 5.74) is 3.21. The van der Waals surface area contributed by atoms with Crippen LogP contribution in [0.4, 0.5) is 0 Å². The van der Waals surface area contributed by atoms with Gasteiger partial charge in [-0.2, -0.15) is 5.10 Å². The molecule has 1 saturated heterocycles. The molecular weight excluding hydrogens is 358 g/mol. The Morgan fingerprint density at radius 2 is 1.85 bits per heavy atom. The van der Waals surface area contributed by atoms with E-state index >= 15 is 0 Å². The summed E-state index contributed by atoms with van der Waals surface area (Å²) < 4.78 is 5.19. The van der Waals surface area contributed by atoms with Gasteiger partial charge in [0.05, 0.1) is 25.1 Å². The molecule has 27 heavy (non-hydrogen) atoms. The van der Waals surface area contributed by atoms with E-state index in [-0.39, 0.29) is 11.2 Å². The first-order valence-electron chi connectivity index (χ1n) is 8.89. The third kappa shape index (κ3) is 4.77. The van der Waals surface area contributed by atoms with Gasteiger partial charge in [-0.3, -0.25) is 9.69 Å². The summed E-state index contributed by atoms with van der Waals surface area (Å²) in [6.07, 6.45) is 2.48. The fourth-order valence-electron chi connectivity index (χ4n) is 2.70. The predicted octanol–water partition coefficient (Wildman–Crippen LogP) is 4.25. The van der Waals surface area contributed by atoms with Gasteiger partial charge in [-0.1, -0.05) is 60.6 Å². The smallest absolute Gasteiger partial charge is 0.242 e. The van der Waals surface area contributed by atoms with E-state index in [2.05, 4.69) is 10.2 Å². The fraction of sp³-hybridized carbons (Fsp3) is 0.286. The van der Waals surface area contributed by atoms with Gasteiger partial charge in [-0.25, -0.2) is 0 Å². The van der Waals surface area contributed by atoms with Crippen molar-refractivity contribution >= 4 is 29.1 Å². The van der Waals surface area contributed by atoms with Crippen molar-refractivity contribution in [2.45, 2.75) is 32.1 Å². The number of rotatable bonds is 6. The lowest BCUT2D eigenvalue weighted by molar-refractivity contribution is -0.126. The minimum Gasteiger partial charge on any atom is -0.497 e. The van der Waals surface area contributed by atoms with Gasteiger partial charge in [0.2, 0.25) is 5.91 Å². The van der Waals surface area contributed by atoms with E-state index in [1.807, 2.05) is 62.4 Å². The Hall–Kier alpha value is -2.60. The number of aryl methyl sites for hydroxylation is 1. The zero-order valence-electron chi connectivity index (χ0n) is 15.8. The second-order valence-electron chi connectivity index (χ2n) is 6.33. The van der Waals surface area contributed by atoms with E-state index in [0.29, 0.717) is 11.7 Å². The predicted molar refractivity (Wildman–Crippen MR) is 111 cm³/mol. The number of nitrogens with zero attached hydrogens (tertiary/aromatic N) is 3. The van der Waals surface area contributed by atoms with Crippen LogP contribution in [0.15, 0.2) is 58.7 Å². The summed E-state index contributed by atoms with van der Waals surface area (Å²) in [5, 5.41) is 9.08. The molecule has 0 bridgehead atoms. The van der Waals surface area contributed by atoms with Crippen LogP contribution < -0.4 is 4.74 Å². The molecule has 1 aliphatic heterocycles. The molecular formula is C21H23N3O2S. The highest BCUT2D eigenvalue weighted by molar-refractivity contribution is 8.15. The number of amidine groups is 1. The molecule has 1 amide bonds. The lowest BCUT2D eigenvalue weighted by Gasteiger charge is -2.16. The van der Waals surface area contributed by atoms with Crippen molar-refractivity contribution < 1.29 is 9.53 Å². The zero-order chi connectivity index (χ0) is 19.2. The minimum absolute atomic E-state index is 0.0857. The van der Waals surface area contributed by atoms with Crippen LogP contribution in [-0.2, 0) is 11.3 Å². The molecule has 0 aromatic heterocycles. The number of carbonyl (C=O) groups is 1. The Kier molecular flexibility index (Phi) is 6.29. The fourth-order valence-corrected chi connectivity index (χ4v) is 3.73. The number of thioether (sulfide) groups is 1. The Labute approximate surface area is 164 Å². The topological polar surface area (TPSA) is 54.3 Å². The Morgan fingerprint density at radius 1 is 1.15 bits per heavy atom. The Morgan fingerprint density at radius 3 is 2.48 bits per heavy atom.